The van der Waals surface area contributed by atoms with E-state index >= 15 is 0 Å². The average Bonchev–Trinajstić information content (AvgIpc) is 3.29. The van der Waals surface area contributed by atoms with E-state index in [4.69, 9.17) is 4.74 Å². The van der Waals surface area contributed by atoms with Gasteiger partial charge in [0.25, 0.3) is 0 Å². The van der Waals surface area contributed by atoms with Gasteiger partial charge in [0, 0.05) is 28.4 Å². The van der Waals surface area contributed by atoms with Gasteiger partial charge in [0.1, 0.15) is 11.5 Å². The van der Waals surface area contributed by atoms with Gasteiger partial charge in [-0.1, -0.05) is 19.1 Å². The van der Waals surface area contributed by atoms with E-state index in [9.17, 15) is 9.00 Å². The second-order valence-corrected chi connectivity index (χ2v) is 11.1. The minimum absolute atomic E-state index is 0.108. The van der Waals surface area contributed by atoms with Crippen LogP contribution in [0.3, 0.4) is 0 Å². The van der Waals surface area contributed by atoms with Crippen LogP contribution in [0.5, 0.6) is 11.5 Å². The van der Waals surface area contributed by atoms with E-state index in [0.29, 0.717) is 22.9 Å². The largest absolute Gasteiger partial charge is 0.456 e. The lowest BCUT2D eigenvalue weighted by molar-refractivity contribution is -0.115. The number of ether oxygens (including phenoxy) is 1. The Morgan fingerprint density at radius 2 is 1.91 bits per heavy atom. The molecule has 2 heterocycles. The number of hydrogen-bond acceptors (Lipinski definition) is 5. The van der Waals surface area contributed by atoms with Crippen molar-refractivity contribution >= 4 is 33.3 Å². The van der Waals surface area contributed by atoms with Crippen LogP contribution in [0.15, 0.2) is 66.0 Å². The maximum absolute atomic E-state index is 12.6. The number of amides is 1. The number of nitrogens with one attached hydrogen (secondary N) is 1. The van der Waals surface area contributed by atoms with Crippen LogP contribution in [0.25, 0.3) is 10.9 Å². The molecular weight excluding hydrogens is 460 g/mol. The minimum atomic E-state index is -1.06. The second-order valence-electron chi connectivity index (χ2n) is 9.39. The molecule has 4 aromatic rings. The molecule has 0 radical (unpaired) electrons. The normalized spacial score (nSPS) is 12.5. The number of fused-ring (bicyclic) bond motifs is 1. The molecule has 2 aromatic heterocycles. The number of aromatic nitrogens is 3. The van der Waals surface area contributed by atoms with E-state index < -0.39 is 10.8 Å². The summed E-state index contributed by atoms with van der Waals surface area (Å²) in [5, 5.41) is 8.04. The van der Waals surface area contributed by atoms with Crippen molar-refractivity contribution in [3.63, 3.8) is 0 Å². The molecule has 2 aromatic carbocycles. The SMILES string of the molecule is CCS(=O)c1ccc2nccc(Oc3ccc(CC(=O)Nc4cnn(C(C)(C)C)c4)cc3C)c2c1. The number of hydrogen-bond donors (Lipinski definition) is 1. The summed E-state index contributed by atoms with van der Waals surface area (Å²) in [7, 11) is -1.06. The van der Waals surface area contributed by atoms with Crippen molar-refractivity contribution < 1.29 is 13.7 Å². The Balaban J connectivity index is 1.49. The molecule has 0 spiro atoms. The lowest BCUT2D eigenvalue weighted by Crippen LogP contribution is -2.22. The molecule has 0 saturated carbocycles. The van der Waals surface area contributed by atoms with Crippen LogP contribution in [-0.2, 0) is 27.6 Å². The van der Waals surface area contributed by atoms with Gasteiger partial charge in [-0.05, 0) is 69.2 Å². The van der Waals surface area contributed by atoms with Gasteiger partial charge in [0.05, 0.1) is 40.2 Å². The molecule has 8 heteroatoms. The number of anilines is 1. The number of pyridine rings is 1. The first-order valence-corrected chi connectivity index (χ1v) is 12.9. The van der Waals surface area contributed by atoms with Crippen molar-refractivity contribution in [2.24, 2.45) is 0 Å². The summed E-state index contributed by atoms with van der Waals surface area (Å²) in [5.74, 6) is 1.78. The molecular formula is C27H30N4O3S. The summed E-state index contributed by atoms with van der Waals surface area (Å²) >= 11 is 0. The van der Waals surface area contributed by atoms with Gasteiger partial charge >= 0.3 is 0 Å². The standard InChI is InChI=1S/C27H30N4O3S/c1-6-35(33)21-8-9-23-22(15-21)25(11-12-28-23)34-24-10-7-19(13-18(24)2)14-26(32)30-20-16-29-31(17-20)27(3,4)5/h7-13,15-17H,6,14H2,1-5H3,(H,30,32). The molecule has 1 atom stereocenters. The van der Waals surface area contributed by atoms with Gasteiger partial charge in [-0.25, -0.2) is 0 Å². The van der Waals surface area contributed by atoms with Crippen molar-refractivity contribution in [2.45, 2.75) is 51.5 Å². The molecule has 0 saturated heterocycles. The lowest BCUT2D eigenvalue weighted by atomic mass is 10.1. The number of carbonyl (C=O) groups excluding carboxylic acids is 1. The molecule has 35 heavy (non-hydrogen) atoms. The third-order valence-electron chi connectivity index (χ3n) is 5.58. The van der Waals surface area contributed by atoms with Gasteiger partial charge in [0.15, 0.2) is 0 Å². The second kappa shape index (κ2) is 10.00. The van der Waals surface area contributed by atoms with E-state index in [2.05, 4.69) is 36.2 Å². The molecule has 0 bridgehead atoms. The molecule has 0 aliphatic rings. The van der Waals surface area contributed by atoms with Crippen LogP contribution >= 0.6 is 0 Å². The van der Waals surface area contributed by atoms with Crippen molar-refractivity contribution in [3.05, 3.63) is 72.2 Å². The van der Waals surface area contributed by atoms with Crippen molar-refractivity contribution in [3.8, 4) is 11.5 Å². The Bertz CT molecular complexity index is 1410. The lowest BCUT2D eigenvalue weighted by Gasteiger charge is -2.18. The average molecular weight is 491 g/mol. The third kappa shape index (κ3) is 5.77. The predicted octanol–water partition coefficient (Wildman–Crippen LogP) is 5.60. The Labute approximate surface area is 208 Å². The first-order valence-electron chi connectivity index (χ1n) is 11.5. The molecule has 1 N–H and O–H groups in total. The minimum Gasteiger partial charge on any atom is -0.456 e. The van der Waals surface area contributed by atoms with Crippen LogP contribution in [0.1, 0.15) is 38.8 Å². The monoisotopic (exact) mass is 490 g/mol. The molecule has 7 nitrogen and oxygen atoms in total. The van der Waals surface area contributed by atoms with Crippen molar-refractivity contribution in [1.82, 2.24) is 14.8 Å². The van der Waals surface area contributed by atoms with E-state index in [1.165, 1.54) is 0 Å². The summed E-state index contributed by atoms with van der Waals surface area (Å²) in [6.45, 7) is 10.0. The fourth-order valence-electron chi connectivity index (χ4n) is 3.70. The van der Waals surface area contributed by atoms with Gasteiger partial charge in [-0.15, -0.1) is 0 Å². The Hall–Kier alpha value is -3.52. The molecule has 0 fully saturated rings. The fraction of sp³-hybridized carbons (Fsp3) is 0.296. The highest BCUT2D eigenvalue weighted by atomic mass is 32.2. The van der Waals surface area contributed by atoms with Crippen LogP contribution in [0, 0.1) is 6.92 Å². The topological polar surface area (TPSA) is 86.1 Å². The zero-order valence-electron chi connectivity index (χ0n) is 20.7. The highest BCUT2D eigenvalue weighted by Gasteiger charge is 2.15. The van der Waals surface area contributed by atoms with Crippen molar-refractivity contribution in [2.75, 3.05) is 11.1 Å². The number of benzene rings is 2. The number of carbonyl (C=O) groups is 1. The Morgan fingerprint density at radius 3 is 2.60 bits per heavy atom. The quantitative estimate of drug-likeness (QED) is 0.365. The predicted molar refractivity (Wildman–Crippen MR) is 140 cm³/mol. The summed E-state index contributed by atoms with van der Waals surface area (Å²) in [5.41, 5.74) is 3.10. The maximum atomic E-state index is 12.6. The van der Waals surface area contributed by atoms with E-state index in [-0.39, 0.29) is 17.9 Å². The fourth-order valence-corrected chi connectivity index (χ4v) is 4.50. The number of rotatable bonds is 7. The van der Waals surface area contributed by atoms with Crippen LogP contribution in [-0.4, -0.2) is 30.6 Å². The Morgan fingerprint density at radius 1 is 1.11 bits per heavy atom. The van der Waals surface area contributed by atoms with Gasteiger partial charge in [-0.3, -0.25) is 18.7 Å². The van der Waals surface area contributed by atoms with Gasteiger partial charge in [0.2, 0.25) is 5.91 Å². The molecule has 0 aliphatic heterocycles. The molecule has 4 rings (SSSR count). The van der Waals surface area contributed by atoms with Crippen LogP contribution < -0.4 is 10.1 Å². The van der Waals surface area contributed by atoms with Crippen LogP contribution in [0.4, 0.5) is 5.69 Å². The molecule has 1 unspecified atom stereocenters. The van der Waals surface area contributed by atoms with E-state index in [0.717, 1.165) is 26.9 Å². The smallest absolute Gasteiger partial charge is 0.228 e. The molecule has 0 aliphatic carbocycles. The Kier molecular flexibility index (Phi) is 7.03. The zero-order chi connectivity index (χ0) is 25.2. The van der Waals surface area contributed by atoms with Crippen molar-refractivity contribution in [1.29, 1.82) is 0 Å². The summed E-state index contributed by atoms with van der Waals surface area (Å²) in [6, 6.07) is 13.1. The highest BCUT2D eigenvalue weighted by molar-refractivity contribution is 7.85. The number of nitrogens with zero attached hydrogens (tertiary/aromatic N) is 3. The first kappa shape index (κ1) is 24.6. The first-order chi connectivity index (χ1) is 16.6. The number of aryl methyl sites for hydroxylation is 1. The summed E-state index contributed by atoms with van der Waals surface area (Å²) < 4.78 is 20.3. The van der Waals surface area contributed by atoms with E-state index in [1.807, 2.05) is 61.1 Å². The van der Waals surface area contributed by atoms with E-state index in [1.54, 1.807) is 18.5 Å². The van der Waals surface area contributed by atoms with Gasteiger partial charge in [-0.2, -0.15) is 5.10 Å². The maximum Gasteiger partial charge on any atom is 0.228 e. The molecule has 182 valence electrons. The van der Waals surface area contributed by atoms with Gasteiger partial charge < -0.3 is 10.1 Å². The summed E-state index contributed by atoms with van der Waals surface area (Å²) in [6.07, 6.45) is 5.43. The van der Waals surface area contributed by atoms with Crippen LogP contribution in [0.2, 0.25) is 0 Å². The third-order valence-corrected chi connectivity index (χ3v) is 6.88. The highest BCUT2D eigenvalue weighted by Crippen LogP contribution is 2.32. The molecule has 1 amide bonds. The zero-order valence-corrected chi connectivity index (χ0v) is 21.5. The summed E-state index contributed by atoms with van der Waals surface area (Å²) in [4.78, 5) is 17.7.